The average Bonchev–Trinajstić information content (AvgIpc) is 3.09. The van der Waals surface area contributed by atoms with E-state index in [1.807, 2.05) is 62.5 Å². The van der Waals surface area contributed by atoms with E-state index < -0.39 is 12.0 Å². The van der Waals surface area contributed by atoms with Gasteiger partial charge in [-0.3, -0.25) is 4.79 Å². The summed E-state index contributed by atoms with van der Waals surface area (Å²) in [6.45, 7) is 3.76. The van der Waals surface area contributed by atoms with Crippen molar-refractivity contribution in [1.29, 1.82) is 0 Å². The summed E-state index contributed by atoms with van der Waals surface area (Å²) in [6.07, 6.45) is 0.254. The number of nitrogens with one attached hydrogen (secondary N) is 2. The Kier molecular flexibility index (Phi) is 6.59. The quantitative estimate of drug-likeness (QED) is 0.626. The third kappa shape index (κ3) is 4.85. The van der Waals surface area contributed by atoms with Gasteiger partial charge in [-0.2, -0.15) is 9.78 Å². The molecule has 1 aromatic heterocycles. The van der Waals surface area contributed by atoms with E-state index in [0.717, 1.165) is 17.7 Å². The van der Waals surface area contributed by atoms with E-state index in [4.69, 9.17) is 4.74 Å². The lowest BCUT2D eigenvalue weighted by Gasteiger charge is -2.14. The van der Waals surface area contributed by atoms with Crippen molar-refractivity contribution >= 4 is 23.4 Å². The molecule has 8 nitrogen and oxygen atoms in total. The van der Waals surface area contributed by atoms with Crippen LogP contribution in [0.5, 0.6) is 5.88 Å². The van der Waals surface area contributed by atoms with Gasteiger partial charge in [0.05, 0.1) is 11.4 Å². The number of carbonyl (C=O) groups is 2. The number of hydrogen-bond acceptors (Lipinski definition) is 5. The monoisotopic (exact) mass is 421 g/mol. The molecule has 3 rings (SSSR count). The summed E-state index contributed by atoms with van der Waals surface area (Å²) in [5.41, 5.74) is 4.01. The summed E-state index contributed by atoms with van der Waals surface area (Å²) in [5.74, 6) is -0.331. The molecule has 2 amide bonds. The lowest BCUT2D eigenvalue weighted by molar-refractivity contribution is 0.102. The second kappa shape index (κ2) is 9.34. The molecule has 0 saturated carbocycles. The molecule has 0 fully saturated rings. The molecule has 162 valence electrons. The minimum Gasteiger partial charge on any atom is -0.390 e. The Morgan fingerprint density at radius 1 is 1.10 bits per heavy atom. The van der Waals surface area contributed by atoms with E-state index in [-0.39, 0.29) is 11.4 Å². The molecule has 31 heavy (non-hydrogen) atoms. The first-order chi connectivity index (χ1) is 14.8. The molecule has 0 aliphatic rings. The summed E-state index contributed by atoms with van der Waals surface area (Å²) in [7, 11) is 4.98. The Bertz CT molecular complexity index is 1090. The number of benzene rings is 2. The van der Waals surface area contributed by atoms with E-state index in [0.29, 0.717) is 17.1 Å². The number of anilines is 2. The number of hydrogen-bond donors (Lipinski definition) is 2. The van der Waals surface area contributed by atoms with Gasteiger partial charge >= 0.3 is 6.09 Å². The highest BCUT2D eigenvalue weighted by Gasteiger charge is 2.27. The minimum atomic E-state index is -0.602. The van der Waals surface area contributed by atoms with Crippen molar-refractivity contribution in [1.82, 2.24) is 14.7 Å². The topological polar surface area (TPSA) is 88.5 Å². The van der Waals surface area contributed by atoms with Crippen LogP contribution in [0.2, 0.25) is 0 Å². The first-order valence-corrected chi connectivity index (χ1v) is 10.0. The number of aromatic nitrogens is 2. The highest BCUT2D eigenvalue weighted by molar-refractivity contribution is 6.07. The molecule has 0 saturated heterocycles. The largest absolute Gasteiger partial charge is 0.416 e. The second-order valence-electron chi connectivity index (χ2n) is 7.24. The molecule has 2 N–H and O–H groups in total. The van der Waals surface area contributed by atoms with Gasteiger partial charge in [0.25, 0.3) is 5.91 Å². The lowest BCUT2D eigenvalue weighted by atomic mass is 10.1. The van der Waals surface area contributed by atoms with Crippen molar-refractivity contribution in [2.75, 3.05) is 31.8 Å². The van der Waals surface area contributed by atoms with Crippen LogP contribution in [0.1, 0.15) is 28.5 Å². The molecule has 2 aromatic carbocycles. The maximum Gasteiger partial charge on any atom is 0.416 e. The van der Waals surface area contributed by atoms with Gasteiger partial charge < -0.3 is 20.3 Å². The van der Waals surface area contributed by atoms with Crippen LogP contribution < -0.4 is 15.4 Å². The van der Waals surface area contributed by atoms with Gasteiger partial charge in [0, 0.05) is 32.5 Å². The standard InChI is InChI=1S/C23H27N5O3/c1-6-16-8-7-9-18(14-16)25-21(29)20-15(2)26-28(22(20)31-23(30)27(4)5)19-12-10-17(24-3)11-13-19/h7-14,24H,6H2,1-5H3,(H,25,29). The zero-order valence-electron chi connectivity index (χ0n) is 18.4. The highest BCUT2D eigenvalue weighted by Crippen LogP contribution is 2.28. The van der Waals surface area contributed by atoms with Gasteiger partial charge in [0.2, 0.25) is 5.88 Å². The zero-order valence-corrected chi connectivity index (χ0v) is 18.4. The highest BCUT2D eigenvalue weighted by atomic mass is 16.6. The molecule has 3 aromatic rings. The van der Waals surface area contributed by atoms with Gasteiger partial charge in [0.15, 0.2) is 0 Å². The molecule has 0 bridgehead atoms. The molecule has 0 aliphatic heterocycles. The molecular formula is C23H27N5O3. The number of carbonyl (C=O) groups excluding carboxylic acids is 2. The van der Waals surface area contributed by atoms with Crippen molar-refractivity contribution in [2.24, 2.45) is 0 Å². The fourth-order valence-corrected chi connectivity index (χ4v) is 3.04. The number of amides is 2. The van der Waals surface area contributed by atoms with Crippen LogP contribution in [0.25, 0.3) is 5.69 Å². The number of rotatable bonds is 6. The van der Waals surface area contributed by atoms with E-state index in [2.05, 4.69) is 15.7 Å². The average molecular weight is 422 g/mol. The Labute approximate surface area is 181 Å². The maximum atomic E-state index is 13.2. The fourth-order valence-electron chi connectivity index (χ4n) is 3.04. The summed E-state index contributed by atoms with van der Waals surface area (Å²) >= 11 is 0. The molecule has 8 heteroatoms. The first kappa shape index (κ1) is 21.9. The van der Waals surface area contributed by atoms with Crippen LogP contribution in [-0.2, 0) is 6.42 Å². The Hall–Kier alpha value is -3.81. The van der Waals surface area contributed by atoms with Gasteiger partial charge in [-0.1, -0.05) is 19.1 Å². The zero-order chi connectivity index (χ0) is 22.5. The van der Waals surface area contributed by atoms with Crippen molar-refractivity contribution in [3.63, 3.8) is 0 Å². The summed E-state index contributed by atoms with van der Waals surface area (Å²) < 4.78 is 7.05. The minimum absolute atomic E-state index is 0.0672. The van der Waals surface area contributed by atoms with E-state index in [1.165, 1.54) is 9.58 Å². The molecule has 1 heterocycles. The maximum absolute atomic E-state index is 13.2. The van der Waals surface area contributed by atoms with Gasteiger partial charge in [0.1, 0.15) is 5.56 Å². The van der Waals surface area contributed by atoms with Crippen LogP contribution >= 0.6 is 0 Å². The van der Waals surface area contributed by atoms with Crippen LogP contribution in [-0.4, -0.2) is 47.8 Å². The van der Waals surface area contributed by atoms with Gasteiger partial charge in [-0.15, -0.1) is 0 Å². The summed E-state index contributed by atoms with van der Waals surface area (Å²) in [5, 5.41) is 10.4. The van der Waals surface area contributed by atoms with Gasteiger partial charge in [-0.25, -0.2) is 4.79 Å². The third-order valence-electron chi connectivity index (χ3n) is 4.79. The van der Waals surface area contributed by atoms with Crippen molar-refractivity contribution < 1.29 is 14.3 Å². The fraction of sp³-hybridized carbons (Fsp3) is 0.261. The summed E-state index contributed by atoms with van der Waals surface area (Å²) in [4.78, 5) is 26.8. The lowest BCUT2D eigenvalue weighted by Crippen LogP contribution is -2.27. The van der Waals surface area contributed by atoms with E-state index in [1.54, 1.807) is 21.0 Å². The Morgan fingerprint density at radius 3 is 2.42 bits per heavy atom. The van der Waals surface area contributed by atoms with Crippen molar-refractivity contribution in [3.05, 3.63) is 65.4 Å². The number of aryl methyl sites for hydroxylation is 2. The number of ether oxygens (including phenoxy) is 1. The summed E-state index contributed by atoms with van der Waals surface area (Å²) in [6, 6.07) is 15.0. The molecule has 0 unspecified atom stereocenters. The number of nitrogens with zero attached hydrogens (tertiary/aromatic N) is 3. The molecule has 0 radical (unpaired) electrons. The van der Waals surface area contributed by atoms with Crippen LogP contribution in [0.4, 0.5) is 16.2 Å². The Balaban J connectivity index is 2.04. The third-order valence-corrected chi connectivity index (χ3v) is 4.79. The predicted octanol–water partition coefficient (Wildman–Crippen LogP) is 4.10. The smallest absolute Gasteiger partial charge is 0.390 e. The van der Waals surface area contributed by atoms with E-state index in [9.17, 15) is 9.59 Å². The molecular weight excluding hydrogens is 394 g/mol. The van der Waals surface area contributed by atoms with Crippen molar-refractivity contribution in [2.45, 2.75) is 20.3 Å². The molecule has 0 aliphatic carbocycles. The first-order valence-electron chi connectivity index (χ1n) is 10.0. The molecule has 0 spiro atoms. The van der Waals surface area contributed by atoms with Crippen LogP contribution in [0, 0.1) is 6.92 Å². The van der Waals surface area contributed by atoms with Crippen LogP contribution in [0.15, 0.2) is 48.5 Å². The van der Waals surface area contributed by atoms with Crippen molar-refractivity contribution in [3.8, 4) is 11.6 Å². The SMILES string of the molecule is CCc1cccc(NC(=O)c2c(C)nn(-c3ccc(NC)cc3)c2OC(=O)N(C)C)c1. The van der Waals surface area contributed by atoms with E-state index >= 15 is 0 Å². The van der Waals surface area contributed by atoms with Gasteiger partial charge in [-0.05, 0) is 55.3 Å². The normalized spacial score (nSPS) is 10.5. The second-order valence-corrected chi connectivity index (χ2v) is 7.24. The molecule has 0 atom stereocenters. The predicted molar refractivity (Wildman–Crippen MR) is 121 cm³/mol. The Morgan fingerprint density at radius 2 is 1.81 bits per heavy atom. The van der Waals surface area contributed by atoms with Crippen LogP contribution in [0.3, 0.4) is 0 Å².